The minimum atomic E-state index is -4.90. The zero-order chi connectivity index (χ0) is 15.1. The zero-order valence-corrected chi connectivity index (χ0v) is 10.6. The normalized spacial score (nSPS) is 26.9. The Labute approximate surface area is 109 Å². The molecule has 0 bridgehead atoms. The second-order valence-corrected chi connectivity index (χ2v) is 5.19. The molecule has 1 aromatic rings. The van der Waals surface area contributed by atoms with Crippen molar-refractivity contribution in [3.8, 4) is 0 Å². The third kappa shape index (κ3) is 3.20. The average molecular weight is 312 g/mol. The highest BCUT2D eigenvalue weighted by atomic mass is 31.2. The van der Waals surface area contributed by atoms with Crippen LogP contribution in [-0.4, -0.2) is 36.8 Å². The summed E-state index contributed by atoms with van der Waals surface area (Å²) in [5.74, 6) is -1.25. The maximum Gasteiger partial charge on any atom is 0.472 e. The Bertz CT molecular complexity index is 665. The van der Waals surface area contributed by atoms with Crippen molar-refractivity contribution in [2.24, 2.45) is 0 Å². The molecule has 0 spiro atoms. The Hall–Kier alpha value is -1.36. The van der Waals surface area contributed by atoms with Gasteiger partial charge in [0.05, 0.1) is 6.20 Å². The molecular weight excluding hydrogens is 302 g/mol. The molecule has 1 fully saturated rings. The van der Waals surface area contributed by atoms with Crippen LogP contribution in [0.15, 0.2) is 15.8 Å². The van der Waals surface area contributed by atoms with Crippen LogP contribution in [0.1, 0.15) is 12.6 Å². The minimum absolute atomic E-state index is 0.282. The van der Waals surface area contributed by atoms with Crippen LogP contribution in [0.5, 0.6) is 0 Å². The lowest BCUT2D eigenvalue weighted by atomic mass is 10.2. The van der Waals surface area contributed by atoms with E-state index in [4.69, 9.17) is 14.5 Å². The van der Waals surface area contributed by atoms with Gasteiger partial charge < -0.3 is 19.6 Å². The van der Waals surface area contributed by atoms with Gasteiger partial charge in [-0.2, -0.15) is 4.39 Å². The van der Waals surface area contributed by atoms with Gasteiger partial charge in [0.1, 0.15) is 12.3 Å². The number of halogens is 1. The van der Waals surface area contributed by atoms with E-state index in [1.807, 2.05) is 0 Å². The summed E-state index contributed by atoms with van der Waals surface area (Å²) in [6.07, 6.45) is -4.06. The van der Waals surface area contributed by atoms with Gasteiger partial charge in [0.2, 0.25) is 5.82 Å². The van der Waals surface area contributed by atoms with Gasteiger partial charge in [0, 0.05) is 6.42 Å². The quantitative estimate of drug-likeness (QED) is 0.487. The van der Waals surface area contributed by atoms with Crippen molar-refractivity contribution in [3.05, 3.63) is 32.9 Å². The summed E-state index contributed by atoms with van der Waals surface area (Å²) in [7, 11) is -4.90. The van der Waals surface area contributed by atoms with Crippen LogP contribution in [-0.2, 0) is 13.8 Å². The number of hydrogen-bond donors (Lipinski definition) is 4. The lowest BCUT2D eigenvalue weighted by Crippen LogP contribution is -2.33. The molecule has 20 heavy (non-hydrogen) atoms. The van der Waals surface area contributed by atoms with E-state index in [1.54, 1.807) is 4.98 Å². The second-order valence-electron chi connectivity index (χ2n) is 4.00. The molecule has 0 aromatic carbocycles. The predicted molar refractivity (Wildman–Crippen MR) is 58.9 cm³/mol. The number of rotatable bonds is 3. The van der Waals surface area contributed by atoms with Crippen molar-refractivity contribution in [1.29, 1.82) is 0 Å². The Morgan fingerprint density at radius 3 is 2.75 bits per heavy atom. The van der Waals surface area contributed by atoms with Gasteiger partial charge in [-0.3, -0.25) is 18.9 Å². The maximum atomic E-state index is 13.1. The Balaban J connectivity index is 2.25. The first-order chi connectivity index (χ1) is 9.17. The molecule has 112 valence electrons. The molecule has 2 rings (SSSR count). The van der Waals surface area contributed by atoms with E-state index in [9.17, 15) is 23.7 Å². The number of aromatic nitrogens is 2. The average Bonchev–Trinajstić information content (AvgIpc) is 2.63. The fraction of sp³-hybridized carbons (Fsp3) is 0.500. The summed E-state index contributed by atoms with van der Waals surface area (Å²) in [4.78, 5) is 41.2. The largest absolute Gasteiger partial charge is 0.472 e. The summed E-state index contributed by atoms with van der Waals surface area (Å²) in [5, 5.41) is 9.52. The van der Waals surface area contributed by atoms with Crippen molar-refractivity contribution in [2.75, 3.05) is 0 Å². The number of nitrogens with zero attached hydrogens (tertiary/aromatic N) is 1. The van der Waals surface area contributed by atoms with E-state index in [1.165, 1.54) is 0 Å². The van der Waals surface area contributed by atoms with E-state index in [2.05, 4.69) is 4.52 Å². The number of H-pyrrole nitrogens is 1. The number of hydrogen-bond acceptors (Lipinski definition) is 6. The van der Waals surface area contributed by atoms with Gasteiger partial charge in [-0.1, -0.05) is 0 Å². The van der Waals surface area contributed by atoms with Gasteiger partial charge >= 0.3 is 13.5 Å². The molecule has 10 nitrogen and oxygen atoms in total. The van der Waals surface area contributed by atoms with Gasteiger partial charge in [-0.25, -0.2) is 9.36 Å². The van der Waals surface area contributed by atoms with E-state index in [-0.39, 0.29) is 6.42 Å². The molecule has 1 aliphatic rings. The van der Waals surface area contributed by atoms with Crippen LogP contribution in [0.25, 0.3) is 0 Å². The van der Waals surface area contributed by atoms with Crippen molar-refractivity contribution >= 4 is 7.82 Å². The summed E-state index contributed by atoms with van der Waals surface area (Å²) in [5.41, 5.74) is -2.21. The third-order valence-electron chi connectivity index (χ3n) is 2.52. The summed E-state index contributed by atoms with van der Waals surface area (Å²) >= 11 is 0. The van der Waals surface area contributed by atoms with Crippen molar-refractivity contribution < 1.29 is 33.1 Å². The minimum Gasteiger partial charge on any atom is -0.388 e. The fourth-order valence-corrected chi connectivity index (χ4v) is 2.16. The van der Waals surface area contributed by atoms with Gasteiger partial charge in [-0.05, 0) is 0 Å². The van der Waals surface area contributed by atoms with Gasteiger partial charge in [-0.15, -0.1) is 0 Å². The Morgan fingerprint density at radius 2 is 2.15 bits per heavy atom. The highest BCUT2D eigenvalue weighted by molar-refractivity contribution is 7.46. The molecule has 0 aliphatic carbocycles. The molecule has 1 aliphatic heterocycles. The lowest BCUT2D eigenvalue weighted by Gasteiger charge is -2.16. The first kappa shape index (κ1) is 15.0. The lowest BCUT2D eigenvalue weighted by molar-refractivity contribution is -0.135. The fourth-order valence-electron chi connectivity index (χ4n) is 1.70. The molecule has 0 unspecified atom stereocenters. The van der Waals surface area contributed by atoms with Crippen molar-refractivity contribution in [2.45, 2.75) is 25.0 Å². The third-order valence-corrected chi connectivity index (χ3v) is 3.01. The monoisotopic (exact) mass is 312 g/mol. The molecule has 3 atom stereocenters. The highest BCUT2D eigenvalue weighted by Gasteiger charge is 2.40. The summed E-state index contributed by atoms with van der Waals surface area (Å²) in [6, 6.07) is 0. The molecule has 0 amide bonds. The van der Waals surface area contributed by atoms with Crippen LogP contribution in [0.4, 0.5) is 4.39 Å². The predicted octanol–water partition coefficient (Wildman–Crippen LogP) is -1.61. The number of nitrogens with one attached hydrogen (secondary N) is 1. The summed E-state index contributed by atoms with van der Waals surface area (Å²) < 4.78 is 33.5. The van der Waals surface area contributed by atoms with Crippen molar-refractivity contribution in [3.63, 3.8) is 0 Å². The molecule has 0 radical (unpaired) electrons. The molecule has 1 aromatic heterocycles. The number of aliphatic hydroxyl groups is 1. The first-order valence-electron chi connectivity index (χ1n) is 5.26. The zero-order valence-electron chi connectivity index (χ0n) is 9.67. The molecule has 2 heterocycles. The number of ether oxygens (including phenoxy) is 1. The molecule has 4 N–H and O–H groups in total. The highest BCUT2D eigenvalue weighted by Crippen LogP contribution is 2.42. The van der Waals surface area contributed by atoms with Crippen LogP contribution >= 0.6 is 7.82 Å². The number of phosphoric acid groups is 1. The van der Waals surface area contributed by atoms with E-state index in [0.717, 1.165) is 0 Å². The van der Waals surface area contributed by atoms with Gasteiger partial charge in [0.25, 0.3) is 5.56 Å². The number of phosphoric ester groups is 1. The van der Waals surface area contributed by atoms with Crippen molar-refractivity contribution in [1.82, 2.24) is 9.55 Å². The van der Waals surface area contributed by atoms with Crippen LogP contribution in [0, 0.1) is 5.82 Å². The smallest absolute Gasteiger partial charge is 0.388 e. The first-order valence-corrected chi connectivity index (χ1v) is 6.79. The molecule has 12 heteroatoms. The number of aromatic amines is 1. The van der Waals surface area contributed by atoms with Gasteiger partial charge in [0.15, 0.2) is 6.29 Å². The molecule has 1 saturated heterocycles. The second kappa shape index (κ2) is 5.20. The van der Waals surface area contributed by atoms with Crippen LogP contribution < -0.4 is 11.2 Å². The summed E-state index contributed by atoms with van der Waals surface area (Å²) in [6.45, 7) is 0. The Kier molecular flexibility index (Phi) is 3.91. The standard InChI is InChI=1S/C8H10FN2O8P/c9-3-2-11(8(14)10-6(3)13)5-1-4(12)7(18-5)19-20(15,16)17/h2,4-5,7,12H,1H2,(H,10,13,14)(H2,15,16,17)/t4-,5+,7+/m0/s1. The number of aliphatic hydroxyl groups excluding tert-OH is 1. The SMILES string of the molecule is O=c1[nH]c(=O)n([C@H]2C[C@H](O)[C@@H](OP(=O)(O)O)O2)cc1F. The Morgan fingerprint density at radius 1 is 1.50 bits per heavy atom. The van der Waals surface area contributed by atoms with E-state index >= 15 is 0 Å². The molecule has 0 saturated carbocycles. The van der Waals surface area contributed by atoms with E-state index < -0.39 is 43.5 Å². The van der Waals surface area contributed by atoms with E-state index in [0.29, 0.717) is 10.8 Å². The topological polar surface area (TPSA) is 151 Å². The van der Waals surface area contributed by atoms with Crippen LogP contribution in [0.2, 0.25) is 0 Å². The maximum absolute atomic E-state index is 13.1. The molecular formula is C8H10FN2O8P. The van der Waals surface area contributed by atoms with Crippen LogP contribution in [0.3, 0.4) is 0 Å².